The van der Waals surface area contributed by atoms with Gasteiger partial charge in [0, 0.05) is 26.7 Å². The summed E-state index contributed by atoms with van der Waals surface area (Å²) in [6, 6.07) is 12.6. The van der Waals surface area contributed by atoms with Gasteiger partial charge in [-0.3, -0.25) is 9.69 Å². The molecule has 1 heterocycles. The summed E-state index contributed by atoms with van der Waals surface area (Å²) in [4.78, 5) is 17.0. The number of hydrogen-bond donors (Lipinski definition) is 2. The van der Waals surface area contributed by atoms with Gasteiger partial charge in [0.25, 0.3) is 0 Å². The van der Waals surface area contributed by atoms with Crippen LogP contribution < -0.4 is 4.74 Å². The van der Waals surface area contributed by atoms with E-state index in [1.165, 1.54) is 0 Å². The number of rotatable bonds is 9. The molecule has 0 bridgehead atoms. The Labute approximate surface area is 192 Å². The molecule has 3 rings (SSSR count). The molecule has 1 aliphatic rings. The Morgan fingerprint density at radius 1 is 1.23 bits per heavy atom. The summed E-state index contributed by atoms with van der Waals surface area (Å²) >= 11 is 12.1. The average molecular weight is 467 g/mol. The summed E-state index contributed by atoms with van der Waals surface area (Å²) in [7, 11) is 1.80. The van der Waals surface area contributed by atoms with Crippen molar-refractivity contribution in [3.8, 4) is 5.75 Å². The molecule has 0 saturated carbocycles. The van der Waals surface area contributed by atoms with Crippen LogP contribution in [0.1, 0.15) is 23.6 Å². The topological polar surface area (TPSA) is 73.2 Å². The lowest BCUT2D eigenvalue weighted by Crippen LogP contribution is -2.39. The Bertz CT molecular complexity index is 878. The minimum absolute atomic E-state index is 0.0382. The van der Waals surface area contributed by atoms with Crippen LogP contribution in [-0.4, -0.2) is 71.9 Å². The van der Waals surface area contributed by atoms with E-state index in [1.807, 2.05) is 24.3 Å². The number of aliphatic hydroxyl groups is 2. The number of nitrogens with zero attached hydrogens (tertiary/aromatic N) is 2. The van der Waals surface area contributed by atoms with Crippen LogP contribution in [0.5, 0.6) is 5.75 Å². The highest BCUT2D eigenvalue weighted by atomic mass is 35.5. The fourth-order valence-corrected chi connectivity index (χ4v) is 4.07. The van der Waals surface area contributed by atoms with E-state index in [1.54, 1.807) is 30.1 Å². The largest absolute Gasteiger partial charge is 0.491 e. The van der Waals surface area contributed by atoms with Crippen molar-refractivity contribution in [3.05, 3.63) is 63.6 Å². The van der Waals surface area contributed by atoms with Crippen molar-refractivity contribution in [2.45, 2.75) is 25.0 Å². The smallest absolute Gasteiger partial charge is 0.227 e. The van der Waals surface area contributed by atoms with E-state index in [9.17, 15) is 9.90 Å². The van der Waals surface area contributed by atoms with Gasteiger partial charge in [-0.25, -0.2) is 0 Å². The van der Waals surface area contributed by atoms with Crippen LogP contribution in [0.15, 0.2) is 42.5 Å². The third kappa shape index (κ3) is 6.57. The highest BCUT2D eigenvalue weighted by molar-refractivity contribution is 6.42. The van der Waals surface area contributed by atoms with Crippen molar-refractivity contribution in [1.29, 1.82) is 0 Å². The number of ether oxygens (including phenoxy) is 1. The van der Waals surface area contributed by atoms with Crippen molar-refractivity contribution < 1.29 is 19.7 Å². The van der Waals surface area contributed by atoms with Gasteiger partial charge in [-0.2, -0.15) is 0 Å². The van der Waals surface area contributed by atoms with E-state index < -0.39 is 0 Å². The van der Waals surface area contributed by atoms with Gasteiger partial charge in [0.05, 0.1) is 35.2 Å². The fourth-order valence-electron chi connectivity index (χ4n) is 3.75. The molecule has 1 aliphatic heterocycles. The van der Waals surface area contributed by atoms with Crippen LogP contribution in [0.25, 0.3) is 0 Å². The predicted octanol–water partition coefficient (Wildman–Crippen LogP) is 3.17. The zero-order valence-corrected chi connectivity index (χ0v) is 19.0. The first-order valence-electron chi connectivity index (χ1n) is 10.3. The summed E-state index contributed by atoms with van der Waals surface area (Å²) < 4.78 is 5.45. The Morgan fingerprint density at radius 2 is 1.97 bits per heavy atom. The molecule has 0 aliphatic carbocycles. The maximum atomic E-state index is 13.1. The number of carbonyl (C=O) groups excluding carboxylic acids is 1. The number of likely N-dealkylation sites (N-methyl/N-ethyl adjacent to an activating group) is 1. The first kappa shape index (κ1) is 23.8. The number of benzene rings is 2. The van der Waals surface area contributed by atoms with Gasteiger partial charge < -0.3 is 19.8 Å². The maximum Gasteiger partial charge on any atom is 0.227 e. The van der Waals surface area contributed by atoms with Gasteiger partial charge in [-0.15, -0.1) is 0 Å². The molecule has 0 radical (unpaired) electrons. The predicted molar refractivity (Wildman–Crippen MR) is 122 cm³/mol. The molecule has 31 heavy (non-hydrogen) atoms. The van der Waals surface area contributed by atoms with Gasteiger partial charge >= 0.3 is 0 Å². The van der Waals surface area contributed by atoms with Crippen LogP contribution >= 0.6 is 23.2 Å². The van der Waals surface area contributed by atoms with E-state index in [2.05, 4.69) is 4.90 Å². The van der Waals surface area contributed by atoms with Crippen molar-refractivity contribution >= 4 is 29.1 Å². The molecule has 1 saturated heterocycles. The molecule has 2 atom stereocenters. The van der Waals surface area contributed by atoms with Gasteiger partial charge in [0.2, 0.25) is 5.91 Å². The molecule has 1 fully saturated rings. The minimum atomic E-state index is -0.327. The van der Waals surface area contributed by atoms with Crippen LogP contribution in [0.4, 0.5) is 0 Å². The van der Waals surface area contributed by atoms with Gasteiger partial charge in [-0.05, 0) is 41.8 Å². The van der Waals surface area contributed by atoms with E-state index in [-0.39, 0.29) is 37.7 Å². The molecular weight excluding hydrogens is 439 g/mol. The SMILES string of the molecule is CN(C(=O)Cc1ccc(Cl)c(Cl)c1)C(CN1CC[C@H](O)C1)c1ccc(OCCO)cc1. The van der Waals surface area contributed by atoms with Gasteiger partial charge in [-0.1, -0.05) is 41.4 Å². The molecule has 2 aromatic rings. The molecule has 0 aromatic heterocycles. The van der Waals surface area contributed by atoms with Crippen LogP contribution in [0, 0.1) is 0 Å². The summed E-state index contributed by atoms with van der Waals surface area (Å²) in [5.74, 6) is 0.627. The second-order valence-corrected chi connectivity index (χ2v) is 8.60. The molecule has 1 unspecified atom stereocenters. The second-order valence-electron chi connectivity index (χ2n) is 7.79. The molecular formula is C23H28Cl2N2O4. The first-order chi connectivity index (χ1) is 14.9. The Morgan fingerprint density at radius 3 is 2.58 bits per heavy atom. The van der Waals surface area contributed by atoms with Crippen LogP contribution in [0.3, 0.4) is 0 Å². The summed E-state index contributed by atoms with van der Waals surface area (Å²) in [6.45, 7) is 2.20. The lowest BCUT2D eigenvalue weighted by molar-refractivity contribution is -0.131. The van der Waals surface area contributed by atoms with Crippen molar-refractivity contribution in [1.82, 2.24) is 9.80 Å². The zero-order chi connectivity index (χ0) is 22.4. The van der Waals surface area contributed by atoms with Gasteiger partial charge in [0.15, 0.2) is 0 Å². The van der Waals surface area contributed by atoms with E-state index in [4.69, 9.17) is 33.0 Å². The number of likely N-dealkylation sites (tertiary alicyclic amines) is 1. The summed E-state index contributed by atoms with van der Waals surface area (Å²) in [5, 5.41) is 19.7. The maximum absolute atomic E-state index is 13.1. The third-order valence-electron chi connectivity index (χ3n) is 5.50. The Kier molecular flexibility index (Phi) is 8.58. The third-order valence-corrected chi connectivity index (χ3v) is 6.24. The first-order valence-corrected chi connectivity index (χ1v) is 11.1. The van der Waals surface area contributed by atoms with Crippen molar-refractivity contribution in [3.63, 3.8) is 0 Å². The van der Waals surface area contributed by atoms with Crippen molar-refractivity contribution in [2.75, 3.05) is 39.9 Å². The van der Waals surface area contributed by atoms with E-state index in [0.717, 1.165) is 24.1 Å². The number of aliphatic hydroxyl groups excluding tert-OH is 2. The van der Waals surface area contributed by atoms with Crippen LogP contribution in [-0.2, 0) is 11.2 Å². The van der Waals surface area contributed by atoms with Crippen LogP contribution in [0.2, 0.25) is 10.0 Å². The standard InChI is InChI=1S/C23H28Cl2N2O4/c1-26(23(30)13-16-2-7-20(24)21(25)12-16)22(15-27-9-8-18(29)14-27)17-3-5-19(6-4-17)31-11-10-28/h2-7,12,18,22,28-29H,8-11,13-15H2,1H3/t18-,22?/m0/s1. The second kappa shape index (κ2) is 11.2. The molecule has 6 nitrogen and oxygen atoms in total. The van der Waals surface area contributed by atoms with Crippen molar-refractivity contribution in [2.24, 2.45) is 0 Å². The zero-order valence-electron chi connectivity index (χ0n) is 17.5. The molecule has 0 spiro atoms. The average Bonchev–Trinajstić information content (AvgIpc) is 3.18. The number of halogens is 2. The monoisotopic (exact) mass is 466 g/mol. The number of hydrogen-bond acceptors (Lipinski definition) is 5. The quantitative estimate of drug-likeness (QED) is 0.593. The van der Waals surface area contributed by atoms with E-state index >= 15 is 0 Å². The fraction of sp³-hybridized carbons (Fsp3) is 0.435. The molecule has 168 valence electrons. The minimum Gasteiger partial charge on any atom is -0.491 e. The van der Waals surface area contributed by atoms with E-state index in [0.29, 0.717) is 28.9 Å². The summed E-state index contributed by atoms with van der Waals surface area (Å²) in [6.07, 6.45) is 0.623. The normalized spacial score (nSPS) is 17.5. The lowest BCUT2D eigenvalue weighted by atomic mass is 10.0. The molecule has 2 N–H and O–H groups in total. The number of carbonyl (C=O) groups is 1. The highest BCUT2D eigenvalue weighted by Gasteiger charge is 2.28. The Hall–Kier alpha value is -1.83. The van der Waals surface area contributed by atoms with Gasteiger partial charge in [0.1, 0.15) is 12.4 Å². The molecule has 1 amide bonds. The Balaban J connectivity index is 1.77. The summed E-state index contributed by atoms with van der Waals surface area (Å²) in [5.41, 5.74) is 1.78. The molecule has 8 heteroatoms. The molecule has 2 aromatic carbocycles. The number of β-amino-alcohol motifs (C(OH)–C–C–N with tert-alkyl or cyclic N) is 1. The lowest BCUT2D eigenvalue weighted by Gasteiger charge is -2.32. The highest BCUT2D eigenvalue weighted by Crippen LogP contribution is 2.27. The number of amides is 1.